The van der Waals surface area contributed by atoms with Gasteiger partial charge in [0.1, 0.15) is 0 Å². The van der Waals surface area contributed by atoms with Crippen molar-refractivity contribution in [2.75, 3.05) is 40.8 Å². The summed E-state index contributed by atoms with van der Waals surface area (Å²) < 4.78 is 5.90. The quantitative estimate of drug-likeness (QED) is 0.358. The van der Waals surface area contributed by atoms with Gasteiger partial charge in [-0.3, -0.25) is 9.79 Å². The molecular formula is C24H34N4O2. The van der Waals surface area contributed by atoms with Gasteiger partial charge in [0, 0.05) is 46.4 Å². The van der Waals surface area contributed by atoms with Gasteiger partial charge < -0.3 is 20.3 Å². The molecule has 0 saturated heterocycles. The fourth-order valence-electron chi connectivity index (χ4n) is 3.02. The van der Waals surface area contributed by atoms with Gasteiger partial charge in [0.25, 0.3) is 5.91 Å². The van der Waals surface area contributed by atoms with E-state index >= 15 is 0 Å². The molecule has 162 valence electrons. The van der Waals surface area contributed by atoms with Crippen molar-refractivity contribution in [1.29, 1.82) is 0 Å². The minimum atomic E-state index is 0.0195. The largest absolute Gasteiger partial charge is 0.374 e. The van der Waals surface area contributed by atoms with Crippen molar-refractivity contribution in [3.05, 3.63) is 71.3 Å². The molecule has 6 nitrogen and oxygen atoms in total. The summed E-state index contributed by atoms with van der Waals surface area (Å²) in [5, 5.41) is 6.63. The molecule has 1 unspecified atom stereocenters. The lowest BCUT2D eigenvalue weighted by Gasteiger charge is -2.15. The van der Waals surface area contributed by atoms with Crippen LogP contribution in [0.3, 0.4) is 0 Å². The number of ether oxygens (including phenoxy) is 1. The third-order valence-electron chi connectivity index (χ3n) is 4.76. The Balaban J connectivity index is 1.65. The molecule has 0 bridgehead atoms. The van der Waals surface area contributed by atoms with Gasteiger partial charge in [-0.2, -0.15) is 0 Å². The summed E-state index contributed by atoms with van der Waals surface area (Å²) in [5.41, 5.74) is 3.03. The van der Waals surface area contributed by atoms with Crippen LogP contribution in [-0.2, 0) is 11.2 Å². The monoisotopic (exact) mass is 410 g/mol. The van der Waals surface area contributed by atoms with E-state index in [0.717, 1.165) is 37.5 Å². The van der Waals surface area contributed by atoms with Crippen LogP contribution in [0, 0.1) is 0 Å². The van der Waals surface area contributed by atoms with E-state index in [4.69, 9.17) is 4.74 Å². The Bertz CT molecular complexity index is 806. The molecule has 1 amide bonds. The zero-order valence-electron chi connectivity index (χ0n) is 18.5. The van der Waals surface area contributed by atoms with E-state index < -0.39 is 0 Å². The number of nitrogens with zero attached hydrogens (tertiary/aromatic N) is 2. The second-order valence-corrected chi connectivity index (χ2v) is 7.35. The van der Waals surface area contributed by atoms with Crippen LogP contribution in [0.25, 0.3) is 0 Å². The first-order chi connectivity index (χ1) is 14.5. The molecule has 0 heterocycles. The van der Waals surface area contributed by atoms with Crippen LogP contribution in [0.2, 0.25) is 0 Å². The molecule has 2 aromatic rings. The lowest BCUT2D eigenvalue weighted by molar-refractivity contribution is 0.0646. The maximum Gasteiger partial charge on any atom is 0.253 e. The summed E-state index contributed by atoms with van der Waals surface area (Å²) in [5.74, 6) is 0.790. The van der Waals surface area contributed by atoms with E-state index in [9.17, 15) is 4.79 Å². The molecular weight excluding hydrogens is 376 g/mol. The van der Waals surface area contributed by atoms with Crippen molar-refractivity contribution >= 4 is 11.9 Å². The van der Waals surface area contributed by atoms with E-state index in [1.807, 2.05) is 42.5 Å². The number of hydrogen-bond donors (Lipinski definition) is 2. The van der Waals surface area contributed by atoms with E-state index in [1.54, 1.807) is 26.0 Å². The number of rotatable bonds is 10. The van der Waals surface area contributed by atoms with Crippen LogP contribution in [0.5, 0.6) is 0 Å². The van der Waals surface area contributed by atoms with E-state index in [-0.39, 0.29) is 12.0 Å². The van der Waals surface area contributed by atoms with Crippen LogP contribution in [0.15, 0.2) is 59.6 Å². The highest BCUT2D eigenvalue weighted by Crippen LogP contribution is 2.15. The summed E-state index contributed by atoms with van der Waals surface area (Å²) >= 11 is 0. The van der Waals surface area contributed by atoms with Crippen molar-refractivity contribution in [1.82, 2.24) is 15.5 Å². The van der Waals surface area contributed by atoms with Crippen molar-refractivity contribution in [3.8, 4) is 0 Å². The summed E-state index contributed by atoms with van der Waals surface area (Å²) in [7, 11) is 5.29. The zero-order valence-corrected chi connectivity index (χ0v) is 18.5. The molecule has 0 aliphatic heterocycles. The number of aliphatic imine (C=N–C) groups is 1. The third kappa shape index (κ3) is 7.87. The standard InChI is InChI=1S/C24H34N4O2/c1-19(21-11-6-5-7-12-21)30-17-9-15-26-24(25-2)27-16-14-20-10-8-13-22(18-20)23(29)28(3)4/h5-8,10-13,18-19H,9,14-17H2,1-4H3,(H2,25,26,27). The van der Waals surface area contributed by atoms with Gasteiger partial charge in [0.2, 0.25) is 0 Å². The molecule has 0 radical (unpaired) electrons. The minimum absolute atomic E-state index is 0.0195. The number of hydrogen-bond acceptors (Lipinski definition) is 3. The molecule has 0 fully saturated rings. The van der Waals surface area contributed by atoms with E-state index in [0.29, 0.717) is 12.2 Å². The molecule has 30 heavy (non-hydrogen) atoms. The Kier molecular flexibility index (Phi) is 9.87. The van der Waals surface area contributed by atoms with Crippen LogP contribution < -0.4 is 10.6 Å². The van der Waals surface area contributed by atoms with Gasteiger partial charge in [-0.05, 0) is 43.0 Å². The van der Waals surface area contributed by atoms with Gasteiger partial charge in [-0.1, -0.05) is 42.5 Å². The molecule has 2 rings (SSSR count). The summed E-state index contributed by atoms with van der Waals surface area (Å²) in [6, 6.07) is 18.0. The Labute approximate surface area is 180 Å². The van der Waals surface area contributed by atoms with Gasteiger partial charge in [0.05, 0.1) is 6.10 Å². The summed E-state index contributed by atoms with van der Waals surface area (Å²) in [6.07, 6.45) is 1.80. The Morgan fingerprint density at radius 2 is 1.80 bits per heavy atom. The summed E-state index contributed by atoms with van der Waals surface area (Å²) in [4.78, 5) is 17.9. The summed E-state index contributed by atoms with van der Waals surface area (Å²) in [6.45, 7) is 4.28. The predicted octanol–water partition coefficient (Wildman–Crippen LogP) is 3.26. The van der Waals surface area contributed by atoms with Gasteiger partial charge in [-0.25, -0.2) is 0 Å². The van der Waals surface area contributed by atoms with Gasteiger partial charge >= 0.3 is 0 Å². The maximum absolute atomic E-state index is 12.1. The highest BCUT2D eigenvalue weighted by atomic mass is 16.5. The second kappa shape index (κ2) is 12.6. The van der Waals surface area contributed by atoms with Gasteiger partial charge in [0.15, 0.2) is 5.96 Å². The number of benzene rings is 2. The topological polar surface area (TPSA) is 66.0 Å². The number of carbonyl (C=O) groups is 1. The molecule has 2 N–H and O–H groups in total. The molecule has 0 spiro atoms. The van der Waals surface area contributed by atoms with Crippen LogP contribution in [-0.4, -0.2) is 57.6 Å². The average molecular weight is 411 g/mol. The van der Waals surface area contributed by atoms with Crippen LogP contribution in [0.4, 0.5) is 0 Å². The highest BCUT2D eigenvalue weighted by molar-refractivity contribution is 5.94. The lowest BCUT2D eigenvalue weighted by Crippen LogP contribution is -2.39. The number of amides is 1. The Hall–Kier alpha value is -2.86. The van der Waals surface area contributed by atoms with Crippen molar-refractivity contribution in [3.63, 3.8) is 0 Å². The van der Waals surface area contributed by atoms with Crippen molar-refractivity contribution in [2.45, 2.75) is 25.9 Å². The fourth-order valence-corrected chi connectivity index (χ4v) is 3.02. The second-order valence-electron chi connectivity index (χ2n) is 7.35. The first-order valence-electron chi connectivity index (χ1n) is 10.4. The van der Waals surface area contributed by atoms with Crippen molar-refractivity contribution in [2.24, 2.45) is 4.99 Å². The number of carbonyl (C=O) groups excluding carboxylic acids is 1. The number of nitrogens with one attached hydrogen (secondary N) is 2. The van der Waals surface area contributed by atoms with Gasteiger partial charge in [-0.15, -0.1) is 0 Å². The van der Waals surface area contributed by atoms with Crippen LogP contribution >= 0.6 is 0 Å². The third-order valence-corrected chi connectivity index (χ3v) is 4.76. The van der Waals surface area contributed by atoms with Crippen LogP contribution in [0.1, 0.15) is 40.9 Å². The average Bonchev–Trinajstić information content (AvgIpc) is 2.77. The highest BCUT2D eigenvalue weighted by Gasteiger charge is 2.08. The van der Waals surface area contributed by atoms with Crippen molar-refractivity contribution < 1.29 is 9.53 Å². The maximum atomic E-state index is 12.1. The number of guanidine groups is 1. The fraction of sp³-hybridized carbons (Fsp3) is 0.417. The van der Waals surface area contributed by atoms with E-state index in [2.05, 4.69) is 34.7 Å². The smallest absolute Gasteiger partial charge is 0.253 e. The molecule has 0 aromatic heterocycles. The first-order valence-corrected chi connectivity index (χ1v) is 10.4. The normalized spacial score (nSPS) is 12.3. The first kappa shape index (κ1) is 23.4. The molecule has 1 atom stereocenters. The lowest BCUT2D eigenvalue weighted by atomic mass is 10.1. The minimum Gasteiger partial charge on any atom is -0.374 e. The Morgan fingerprint density at radius 1 is 1.07 bits per heavy atom. The molecule has 0 aliphatic rings. The van der Waals surface area contributed by atoms with E-state index in [1.165, 1.54) is 5.56 Å². The molecule has 2 aromatic carbocycles. The Morgan fingerprint density at radius 3 is 2.50 bits per heavy atom. The zero-order chi connectivity index (χ0) is 21.8. The molecule has 0 aliphatic carbocycles. The molecule has 6 heteroatoms. The molecule has 0 saturated carbocycles. The SMILES string of the molecule is CN=C(NCCCOC(C)c1ccccc1)NCCc1cccc(C(=O)N(C)C)c1. The predicted molar refractivity (Wildman–Crippen MR) is 123 cm³/mol.